The molecule has 3 fully saturated rings. The minimum atomic E-state index is -0.627. The quantitative estimate of drug-likeness (QED) is 0.832. The highest BCUT2D eigenvalue weighted by atomic mass is 16.5. The van der Waals surface area contributed by atoms with E-state index in [-0.39, 0.29) is 17.4 Å². The van der Waals surface area contributed by atoms with E-state index in [0.717, 1.165) is 32.5 Å². The molecule has 1 aliphatic carbocycles. The topological polar surface area (TPSA) is 49.8 Å². The van der Waals surface area contributed by atoms with Crippen LogP contribution in [0.25, 0.3) is 0 Å². The van der Waals surface area contributed by atoms with Crippen molar-refractivity contribution < 1.29 is 14.6 Å². The van der Waals surface area contributed by atoms with Gasteiger partial charge in [-0.1, -0.05) is 19.8 Å². The summed E-state index contributed by atoms with van der Waals surface area (Å²) in [5.41, 5.74) is 0.132. The number of carboxylic acids is 1. The average molecular weight is 267 g/mol. The molecule has 4 nitrogen and oxygen atoms in total. The van der Waals surface area contributed by atoms with Crippen molar-refractivity contribution in [2.24, 2.45) is 11.8 Å². The molecule has 0 aromatic heterocycles. The zero-order valence-electron chi connectivity index (χ0n) is 11.8. The fourth-order valence-electron chi connectivity index (χ4n) is 4.31. The molecule has 1 N–H and O–H groups in total. The van der Waals surface area contributed by atoms with E-state index in [2.05, 4.69) is 11.8 Å². The Morgan fingerprint density at radius 1 is 1.32 bits per heavy atom. The molecule has 1 unspecified atom stereocenters. The fraction of sp³-hybridized carbons (Fsp3) is 0.933. The molecular formula is C15H25NO3. The van der Waals surface area contributed by atoms with Crippen LogP contribution in [0.5, 0.6) is 0 Å². The van der Waals surface area contributed by atoms with Gasteiger partial charge in [-0.3, -0.25) is 9.69 Å². The van der Waals surface area contributed by atoms with Crippen LogP contribution in [0.2, 0.25) is 0 Å². The van der Waals surface area contributed by atoms with E-state index in [9.17, 15) is 9.90 Å². The summed E-state index contributed by atoms with van der Waals surface area (Å²) in [5.74, 6) is -0.528. The number of nitrogens with zero attached hydrogens (tertiary/aromatic N) is 1. The van der Waals surface area contributed by atoms with Gasteiger partial charge in [-0.25, -0.2) is 0 Å². The average Bonchev–Trinajstić information content (AvgIpc) is 2.97. The van der Waals surface area contributed by atoms with Gasteiger partial charge in [0.05, 0.1) is 11.5 Å². The normalized spacial score (nSPS) is 38.9. The highest BCUT2D eigenvalue weighted by molar-refractivity contribution is 5.71. The smallest absolute Gasteiger partial charge is 0.308 e. The summed E-state index contributed by atoms with van der Waals surface area (Å²) < 4.78 is 6.07. The molecule has 3 atom stereocenters. The molecule has 2 heterocycles. The minimum absolute atomic E-state index is 0.132. The summed E-state index contributed by atoms with van der Waals surface area (Å²) in [6.07, 6.45) is 7.18. The van der Waals surface area contributed by atoms with Crippen LogP contribution in [0.4, 0.5) is 0 Å². The van der Waals surface area contributed by atoms with Crippen molar-refractivity contribution in [3.63, 3.8) is 0 Å². The number of carbonyl (C=O) groups is 1. The molecule has 0 amide bonds. The van der Waals surface area contributed by atoms with E-state index >= 15 is 0 Å². The first-order chi connectivity index (χ1) is 9.10. The summed E-state index contributed by atoms with van der Waals surface area (Å²) >= 11 is 0. The van der Waals surface area contributed by atoms with E-state index in [1.807, 2.05) is 0 Å². The minimum Gasteiger partial charge on any atom is -0.481 e. The van der Waals surface area contributed by atoms with Gasteiger partial charge in [-0.05, 0) is 31.6 Å². The molecule has 108 valence electrons. The second-order valence-electron chi connectivity index (χ2n) is 6.76. The molecule has 3 aliphatic rings. The molecule has 0 aromatic rings. The standard InChI is InChI=1S/C15H25NO3/c1-11-9-16(10-13(11)14(17)18)12-4-7-19-15(8-12)5-2-3-6-15/h11-13H,2-10H2,1H3,(H,17,18)/t11-,12?,13-/m1/s1. The molecule has 2 saturated heterocycles. The Morgan fingerprint density at radius 3 is 2.68 bits per heavy atom. The SMILES string of the molecule is C[C@@H]1CN(C2CCOC3(CCCC3)C2)C[C@H]1C(=O)O. The monoisotopic (exact) mass is 267 g/mol. The summed E-state index contributed by atoms with van der Waals surface area (Å²) in [4.78, 5) is 13.7. The third-order valence-electron chi connectivity index (χ3n) is 5.46. The Labute approximate surface area is 115 Å². The van der Waals surface area contributed by atoms with Crippen molar-refractivity contribution in [3.05, 3.63) is 0 Å². The zero-order chi connectivity index (χ0) is 13.5. The lowest BCUT2D eigenvalue weighted by Gasteiger charge is -2.42. The predicted octanol–water partition coefficient (Wildman–Crippen LogP) is 2.13. The maximum atomic E-state index is 11.2. The highest BCUT2D eigenvalue weighted by Gasteiger charge is 2.44. The van der Waals surface area contributed by atoms with Crippen LogP contribution in [0.3, 0.4) is 0 Å². The van der Waals surface area contributed by atoms with Crippen LogP contribution in [-0.2, 0) is 9.53 Å². The van der Waals surface area contributed by atoms with E-state index < -0.39 is 5.97 Å². The van der Waals surface area contributed by atoms with Gasteiger partial charge in [0.1, 0.15) is 0 Å². The molecule has 0 aromatic carbocycles. The second-order valence-corrected chi connectivity index (χ2v) is 6.76. The molecule has 0 radical (unpaired) electrons. The Hall–Kier alpha value is -0.610. The maximum absolute atomic E-state index is 11.2. The third-order valence-corrected chi connectivity index (χ3v) is 5.46. The third kappa shape index (κ3) is 2.52. The van der Waals surface area contributed by atoms with Crippen LogP contribution in [-0.4, -0.2) is 47.3 Å². The number of carboxylic acid groups (broad SMARTS) is 1. The summed E-state index contributed by atoms with van der Waals surface area (Å²) in [6.45, 7) is 4.60. The first-order valence-electron chi connectivity index (χ1n) is 7.70. The molecular weight excluding hydrogens is 242 g/mol. The largest absolute Gasteiger partial charge is 0.481 e. The van der Waals surface area contributed by atoms with Crippen LogP contribution >= 0.6 is 0 Å². The maximum Gasteiger partial charge on any atom is 0.308 e. The number of hydrogen-bond acceptors (Lipinski definition) is 3. The number of aliphatic carboxylic acids is 1. The Kier molecular flexibility index (Phi) is 3.56. The molecule has 2 aliphatic heterocycles. The molecule has 4 heteroatoms. The van der Waals surface area contributed by atoms with Crippen molar-refractivity contribution in [2.75, 3.05) is 19.7 Å². The molecule has 1 spiro atoms. The van der Waals surface area contributed by atoms with Gasteiger partial charge in [0.25, 0.3) is 0 Å². The van der Waals surface area contributed by atoms with Gasteiger partial charge in [0.15, 0.2) is 0 Å². The van der Waals surface area contributed by atoms with E-state index in [0.29, 0.717) is 6.04 Å². The van der Waals surface area contributed by atoms with Gasteiger partial charge < -0.3 is 9.84 Å². The van der Waals surface area contributed by atoms with Crippen molar-refractivity contribution in [3.8, 4) is 0 Å². The van der Waals surface area contributed by atoms with Gasteiger partial charge in [-0.2, -0.15) is 0 Å². The van der Waals surface area contributed by atoms with E-state index in [1.54, 1.807) is 0 Å². The molecule has 1 saturated carbocycles. The van der Waals surface area contributed by atoms with E-state index in [1.165, 1.54) is 25.7 Å². The van der Waals surface area contributed by atoms with Crippen LogP contribution < -0.4 is 0 Å². The van der Waals surface area contributed by atoms with Crippen molar-refractivity contribution in [1.29, 1.82) is 0 Å². The second kappa shape index (κ2) is 5.06. The van der Waals surface area contributed by atoms with Crippen LogP contribution in [0.15, 0.2) is 0 Å². The van der Waals surface area contributed by atoms with E-state index in [4.69, 9.17) is 4.74 Å². The van der Waals surface area contributed by atoms with Crippen LogP contribution in [0.1, 0.15) is 45.4 Å². The first-order valence-corrected chi connectivity index (χ1v) is 7.70. The number of rotatable bonds is 2. The molecule has 19 heavy (non-hydrogen) atoms. The summed E-state index contributed by atoms with van der Waals surface area (Å²) in [5, 5.41) is 9.25. The lowest BCUT2D eigenvalue weighted by molar-refractivity contribution is -0.142. The Balaban J connectivity index is 1.65. The van der Waals surface area contributed by atoms with Crippen molar-refractivity contribution in [1.82, 2.24) is 4.90 Å². The highest BCUT2D eigenvalue weighted by Crippen LogP contribution is 2.42. The zero-order valence-corrected chi connectivity index (χ0v) is 11.8. The molecule has 3 rings (SSSR count). The Bertz CT molecular complexity index is 351. The summed E-state index contributed by atoms with van der Waals surface area (Å²) in [6, 6.07) is 0.540. The predicted molar refractivity (Wildman–Crippen MR) is 72.0 cm³/mol. The van der Waals surface area contributed by atoms with Crippen molar-refractivity contribution >= 4 is 5.97 Å². The van der Waals surface area contributed by atoms with Gasteiger partial charge >= 0.3 is 5.97 Å². The number of hydrogen-bond donors (Lipinski definition) is 1. The van der Waals surface area contributed by atoms with Gasteiger partial charge in [0.2, 0.25) is 0 Å². The lowest BCUT2D eigenvalue weighted by Crippen LogP contribution is -2.47. The van der Waals surface area contributed by atoms with Gasteiger partial charge in [-0.15, -0.1) is 0 Å². The van der Waals surface area contributed by atoms with Crippen molar-refractivity contribution in [2.45, 2.75) is 57.1 Å². The number of ether oxygens (including phenoxy) is 1. The lowest BCUT2D eigenvalue weighted by atomic mass is 9.88. The number of likely N-dealkylation sites (tertiary alicyclic amines) is 1. The Morgan fingerprint density at radius 2 is 2.05 bits per heavy atom. The van der Waals surface area contributed by atoms with Crippen LogP contribution in [0, 0.1) is 11.8 Å². The van der Waals surface area contributed by atoms with Gasteiger partial charge in [0, 0.05) is 25.7 Å². The first kappa shape index (κ1) is 13.4. The molecule has 0 bridgehead atoms. The fourth-order valence-corrected chi connectivity index (χ4v) is 4.31. The summed E-state index contributed by atoms with van der Waals surface area (Å²) in [7, 11) is 0.